The minimum absolute atomic E-state index is 0.0161. The lowest BCUT2D eigenvalue weighted by atomic mass is 9.78. The van der Waals surface area contributed by atoms with E-state index in [0.717, 1.165) is 12.0 Å². The highest BCUT2D eigenvalue weighted by Gasteiger charge is 2.37. The molecule has 0 atom stereocenters. The molecule has 3 aromatic carbocycles. The topological polar surface area (TPSA) is 40.5 Å². The Bertz CT molecular complexity index is 1030. The van der Waals surface area contributed by atoms with E-state index in [0.29, 0.717) is 5.46 Å². The Morgan fingerprint density at radius 3 is 2.32 bits per heavy atom. The predicted molar refractivity (Wildman–Crippen MR) is 102 cm³/mol. The summed E-state index contributed by atoms with van der Waals surface area (Å²) in [4.78, 5) is 0. The van der Waals surface area contributed by atoms with Crippen LogP contribution in [0.15, 0.2) is 54.6 Å². The van der Waals surface area contributed by atoms with Crippen LogP contribution in [0.3, 0.4) is 0 Å². The van der Waals surface area contributed by atoms with Crippen molar-refractivity contribution in [2.75, 3.05) is 0 Å². The maximum Gasteiger partial charge on any atom is 0.488 e. The zero-order valence-electron chi connectivity index (χ0n) is 14.4. The predicted octanol–water partition coefficient (Wildman–Crippen LogP) is 3.24. The van der Waals surface area contributed by atoms with Gasteiger partial charge in [0.1, 0.15) is 0 Å². The average molecular weight is 326 g/mol. The molecule has 2 N–H and O–H groups in total. The molecule has 25 heavy (non-hydrogen) atoms. The van der Waals surface area contributed by atoms with E-state index >= 15 is 0 Å². The molecule has 0 amide bonds. The Balaban J connectivity index is 1.76. The Labute approximate surface area is 147 Å². The molecular formula is C22H19BO2. The third kappa shape index (κ3) is 1.94. The second-order valence-electron chi connectivity index (χ2n) is 7.69. The maximum atomic E-state index is 9.51. The number of benzene rings is 3. The van der Waals surface area contributed by atoms with Crippen molar-refractivity contribution in [1.82, 2.24) is 0 Å². The SMILES string of the molecule is CC1(C)c2ccccc2-c2cc3c(cc21)Cc1ccc(B(O)O)cc1-3. The number of fused-ring (bicyclic) bond motifs is 6. The molecular weight excluding hydrogens is 307 g/mol. The Hall–Kier alpha value is -2.36. The summed E-state index contributed by atoms with van der Waals surface area (Å²) in [6.07, 6.45) is 0.909. The van der Waals surface area contributed by atoms with Gasteiger partial charge in [0.25, 0.3) is 0 Å². The highest BCUT2D eigenvalue weighted by atomic mass is 16.4. The Morgan fingerprint density at radius 2 is 1.52 bits per heavy atom. The molecule has 3 aromatic rings. The fourth-order valence-electron chi connectivity index (χ4n) is 4.55. The van der Waals surface area contributed by atoms with E-state index in [-0.39, 0.29) is 5.41 Å². The highest BCUT2D eigenvalue weighted by molar-refractivity contribution is 6.58. The monoisotopic (exact) mass is 326 g/mol. The van der Waals surface area contributed by atoms with Crippen LogP contribution in [-0.4, -0.2) is 17.2 Å². The van der Waals surface area contributed by atoms with Gasteiger partial charge in [-0.3, -0.25) is 0 Å². The molecule has 0 heterocycles. The summed E-state index contributed by atoms with van der Waals surface area (Å²) in [6.45, 7) is 4.60. The summed E-state index contributed by atoms with van der Waals surface area (Å²) in [5.74, 6) is 0. The smallest absolute Gasteiger partial charge is 0.423 e. The molecule has 0 saturated carbocycles. The normalized spacial score (nSPS) is 15.4. The van der Waals surface area contributed by atoms with E-state index in [1.807, 2.05) is 18.2 Å². The number of hydrogen-bond acceptors (Lipinski definition) is 2. The van der Waals surface area contributed by atoms with Crippen LogP contribution in [-0.2, 0) is 11.8 Å². The van der Waals surface area contributed by atoms with Crippen molar-refractivity contribution in [2.45, 2.75) is 25.7 Å². The average Bonchev–Trinajstić information content (AvgIpc) is 3.07. The van der Waals surface area contributed by atoms with Gasteiger partial charge in [-0.1, -0.05) is 62.4 Å². The molecule has 0 unspecified atom stereocenters. The summed E-state index contributed by atoms with van der Waals surface area (Å²) in [5, 5.41) is 19.0. The standard InChI is InChI=1S/C22H19BO2/c1-22(2)20-6-4-3-5-16(20)19-12-18-14(10-21(19)22)9-13-7-8-15(23(24)25)11-17(13)18/h3-8,10-12,24-25H,9H2,1-2H3. The van der Waals surface area contributed by atoms with Crippen LogP contribution in [0.25, 0.3) is 22.3 Å². The van der Waals surface area contributed by atoms with E-state index in [9.17, 15) is 10.0 Å². The highest BCUT2D eigenvalue weighted by Crippen LogP contribution is 2.51. The first-order valence-corrected chi connectivity index (χ1v) is 8.73. The van der Waals surface area contributed by atoms with Gasteiger partial charge in [-0.25, -0.2) is 0 Å². The van der Waals surface area contributed by atoms with E-state index < -0.39 is 7.12 Å². The molecule has 2 aliphatic rings. The van der Waals surface area contributed by atoms with Crippen molar-refractivity contribution in [3.63, 3.8) is 0 Å². The zero-order valence-corrected chi connectivity index (χ0v) is 14.4. The van der Waals surface area contributed by atoms with E-state index in [1.165, 1.54) is 38.9 Å². The van der Waals surface area contributed by atoms with E-state index in [2.05, 4.69) is 50.2 Å². The molecule has 2 aliphatic carbocycles. The summed E-state index contributed by atoms with van der Waals surface area (Å²) in [5.41, 5.74) is 10.9. The minimum atomic E-state index is -1.43. The zero-order chi connectivity index (χ0) is 17.3. The summed E-state index contributed by atoms with van der Waals surface area (Å²) >= 11 is 0. The first-order valence-electron chi connectivity index (χ1n) is 8.73. The second kappa shape index (κ2) is 4.84. The minimum Gasteiger partial charge on any atom is -0.423 e. The van der Waals surface area contributed by atoms with Gasteiger partial charge in [0.15, 0.2) is 0 Å². The largest absolute Gasteiger partial charge is 0.488 e. The van der Waals surface area contributed by atoms with Crippen LogP contribution in [0.4, 0.5) is 0 Å². The molecule has 122 valence electrons. The molecule has 3 heteroatoms. The van der Waals surface area contributed by atoms with Crippen molar-refractivity contribution in [3.8, 4) is 22.3 Å². The van der Waals surface area contributed by atoms with Gasteiger partial charge in [-0.05, 0) is 62.5 Å². The van der Waals surface area contributed by atoms with Crippen molar-refractivity contribution in [3.05, 3.63) is 76.9 Å². The van der Waals surface area contributed by atoms with Crippen LogP contribution in [0, 0.1) is 0 Å². The molecule has 0 spiro atoms. The molecule has 0 aliphatic heterocycles. The third-order valence-electron chi connectivity index (χ3n) is 5.91. The van der Waals surface area contributed by atoms with Gasteiger partial charge in [0, 0.05) is 5.41 Å². The molecule has 2 nitrogen and oxygen atoms in total. The van der Waals surface area contributed by atoms with Crippen molar-refractivity contribution in [1.29, 1.82) is 0 Å². The van der Waals surface area contributed by atoms with Crippen LogP contribution in [0.1, 0.15) is 36.1 Å². The summed E-state index contributed by atoms with van der Waals surface area (Å²) in [7, 11) is -1.43. The first kappa shape index (κ1) is 14.9. The van der Waals surface area contributed by atoms with Crippen molar-refractivity contribution >= 4 is 12.6 Å². The number of rotatable bonds is 1. The fourth-order valence-corrected chi connectivity index (χ4v) is 4.55. The molecule has 5 rings (SSSR count). The van der Waals surface area contributed by atoms with Gasteiger partial charge in [0.2, 0.25) is 0 Å². The lowest BCUT2D eigenvalue weighted by Crippen LogP contribution is -2.29. The van der Waals surface area contributed by atoms with Gasteiger partial charge in [-0.2, -0.15) is 0 Å². The van der Waals surface area contributed by atoms with Crippen molar-refractivity contribution in [2.24, 2.45) is 0 Å². The van der Waals surface area contributed by atoms with E-state index in [1.54, 1.807) is 0 Å². The van der Waals surface area contributed by atoms with E-state index in [4.69, 9.17) is 0 Å². The quantitative estimate of drug-likeness (QED) is 0.527. The van der Waals surface area contributed by atoms with Gasteiger partial charge in [-0.15, -0.1) is 0 Å². The molecule has 0 bridgehead atoms. The summed E-state index contributed by atoms with van der Waals surface area (Å²) in [6, 6.07) is 19.1. The fraction of sp³-hybridized carbons (Fsp3) is 0.182. The Morgan fingerprint density at radius 1 is 0.760 bits per heavy atom. The van der Waals surface area contributed by atoms with Crippen LogP contribution < -0.4 is 5.46 Å². The lowest BCUT2D eigenvalue weighted by Gasteiger charge is -2.22. The summed E-state index contributed by atoms with van der Waals surface area (Å²) < 4.78 is 0. The molecule has 0 saturated heterocycles. The second-order valence-corrected chi connectivity index (χ2v) is 7.69. The van der Waals surface area contributed by atoms with Crippen LogP contribution >= 0.6 is 0 Å². The number of hydrogen-bond donors (Lipinski definition) is 2. The lowest BCUT2D eigenvalue weighted by molar-refractivity contribution is 0.426. The van der Waals surface area contributed by atoms with Gasteiger partial charge >= 0.3 is 7.12 Å². The van der Waals surface area contributed by atoms with Crippen LogP contribution in [0.2, 0.25) is 0 Å². The molecule has 0 aromatic heterocycles. The third-order valence-corrected chi connectivity index (χ3v) is 5.91. The maximum absolute atomic E-state index is 9.51. The van der Waals surface area contributed by atoms with Crippen LogP contribution in [0.5, 0.6) is 0 Å². The van der Waals surface area contributed by atoms with Gasteiger partial charge in [0.05, 0.1) is 0 Å². The molecule has 0 radical (unpaired) electrons. The molecule has 0 fully saturated rings. The first-order chi connectivity index (χ1) is 12.0. The Kier molecular flexibility index (Phi) is 2.89. The van der Waals surface area contributed by atoms with Crippen molar-refractivity contribution < 1.29 is 10.0 Å². The van der Waals surface area contributed by atoms with Gasteiger partial charge < -0.3 is 10.0 Å².